The van der Waals surface area contributed by atoms with Crippen LogP contribution in [0.1, 0.15) is 23.2 Å². The van der Waals surface area contributed by atoms with Gasteiger partial charge >= 0.3 is 5.97 Å². The Labute approximate surface area is 232 Å². The molecule has 0 bridgehead atoms. The summed E-state index contributed by atoms with van der Waals surface area (Å²) in [4.78, 5) is 27.5. The Morgan fingerprint density at radius 3 is 2.62 bits per heavy atom. The van der Waals surface area contributed by atoms with E-state index in [0.717, 1.165) is 53.6 Å². The van der Waals surface area contributed by atoms with E-state index in [-0.39, 0.29) is 17.4 Å². The second kappa shape index (κ2) is 11.0. The summed E-state index contributed by atoms with van der Waals surface area (Å²) < 4.78 is 34.2. The van der Waals surface area contributed by atoms with Gasteiger partial charge in [0.1, 0.15) is 17.3 Å². The number of aromatic nitrogens is 3. The van der Waals surface area contributed by atoms with Gasteiger partial charge in [-0.3, -0.25) is 9.88 Å². The molecule has 12 heteroatoms. The topological polar surface area (TPSA) is 132 Å². The van der Waals surface area contributed by atoms with Crippen LogP contribution < -0.4 is 9.64 Å². The number of fused-ring (bicyclic) bond motifs is 3. The van der Waals surface area contributed by atoms with Crippen molar-refractivity contribution in [3.63, 3.8) is 0 Å². The number of anilines is 1. The first-order valence-electron chi connectivity index (χ1n) is 13.5. The number of carboxylic acid groups (broad SMARTS) is 1. The van der Waals surface area contributed by atoms with Gasteiger partial charge in [0.25, 0.3) is 0 Å². The minimum absolute atomic E-state index is 0.00807. The molecule has 2 N–H and O–H groups in total. The number of carbonyl (C=O) groups is 1. The SMILES string of the molecule is O=C(O)c1ccc(OCC2CCCN(S(=O)(=O)CN3CCN(c4ccnc5cnc6[nH]ccc6c45)CC3)C2)cc1. The molecule has 40 heavy (non-hydrogen) atoms. The molecular weight excluding hydrogens is 532 g/mol. The lowest BCUT2D eigenvalue weighted by molar-refractivity contribution is 0.0697. The molecule has 0 radical (unpaired) electrons. The van der Waals surface area contributed by atoms with Crippen LogP contribution in [0.3, 0.4) is 0 Å². The predicted molar refractivity (Wildman–Crippen MR) is 152 cm³/mol. The summed E-state index contributed by atoms with van der Waals surface area (Å²) in [6.07, 6.45) is 7.15. The van der Waals surface area contributed by atoms with Crippen LogP contribution in [0.2, 0.25) is 0 Å². The standard InChI is InChI=1S/C28H32N6O5S/c35-28(36)21-3-5-22(6-4-21)39-18-20-2-1-11-34(17-20)40(37,38)19-32-12-14-33(15-13-32)25-8-10-29-24-16-31-27-23(26(24)25)7-9-30-27/h3-10,16,20H,1-2,11-15,17-19H2,(H,30,31)(H,35,36). The highest BCUT2D eigenvalue weighted by molar-refractivity contribution is 7.89. The molecule has 11 nitrogen and oxygen atoms in total. The molecule has 4 aromatic rings. The van der Waals surface area contributed by atoms with Gasteiger partial charge in [0.15, 0.2) is 0 Å². The van der Waals surface area contributed by atoms with E-state index in [1.165, 1.54) is 12.1 Å². The quantitative estimate of drug-likeness (QED) is 0.331. The van der Waals surface area contributed by atoms with Crippen LogP contribution >= 0.6 is 0 Å². The number of hydrogen-bond donors (Lipinski definition) is 2. The maximum Gasteiger partial charge on any atom is 0.335 e. The Morgan fingerprint density at radius 2 is 1.85 bits per heavy atom. The Kier molecular flexibility index (Phi) is 7.30. The van der Waals surface area contributed by atoms with Gasteiger partial charge in [-0.15, -0.1) is 0 Å². The highest BCUT2D eigenvalue weighted by atomic mass is 32.2. The molecule has 1 aromatic carbocycles. The van der Waals surface area contributed by atoms with Crippen LogP contribution in [-0.4, -0.2) is 95.4 Å². The summed E-state index contributed by atoms with van der Waals surface area (Å²) in [6, 6.07) is 10.3. The number of nitrogens with zero attached hydrogens (tertiary/aromatic N) is 5. The van der Waals surface area contributed by atoms with Gasteiger partial charge in [-0.05, 0) is 49.2 Å². The zero-order valence-corrected chi connectivity index (χ0v) is 22.9. The summed E-state index contributed by atoms with van der Waals surface area (Å²) >= 11 is 0. The highest BCUT2D eigenvalue weighted by Crippen LogP contribution is 2.32. The van der Waals surface area contributed by atoms with Gasteiger partial charge in [-0.2, -0.15) is 0 Å². The number of aromatic amines is 1. The van der Waals surface area contributed by atoms with E-state index < -0.39 is 16.0 Å². The summed E-state index contributed by atoms with van der Waals surface area (Å²) in [5, 5.41) is 11.1. The Hall–Kier alpha value is -3.74. The maximum atomic E-state index is 13.4. The van der Waals surface area contributed by atoms with Crippen molar-refractivity contribution in [3.05, 3.63) is 60.6 Å². The van der Waals surface area contributed by atoms with Gasteiger partial charge in [0.2, 0.25) is 10.0 Å². The number of piperidine rings is 1. The summed E-state index contributed by atoms with van der Waals surface area (Å²) in [5.74, 6) is -0.311. The number of sulfonamides is 1. The molecule has 0 aliphatic carbocycles. The average Bonchev–Trinajstić information content (AvgIpc) is 3.46. The molecule has 0 saturated carbocycles. The first-order valence-corrected chi connectivity index (χ1v) is 15.1. The minimum Gasteiger partial charge on any atom is -0.493 e. The molecular formula is C28H32N6O5S. The van der Waals surface area contributed by atoms with Crippen LogP contribution in [0.15, 0.2) is 55.0 Å². The molecule has 210 valence electrons. The van der Waals surface area contributed by atoms with Crippen molar-refractivity contribution in [2.75, 3.05) is 56.7 Å². The maximum absolute atomic E-state index is 13.4. The second-order valence-electron chi connectivity index (χ2n) is 10.4. The van der Waals surface area contributed by atoms with E-state index in [0.29, 0.717) is 38.5 Å². The van der Waals surface area contributed by atoms with Crippen molar-refractivity contribution in [2.45, 2.75) is 12.8 Å². The smallest absolute Gasteiger partial charge is 0.335 e. The minimum atomic E-state index is -3.45. The van der Waals surface area contributed by atoms with Crippen molar-refractivity contribution >= 4 is 43.6 Å². The molecule has 3 aromatic heterocycles. The number of ether oxygens (including phenoxy) is 1. The largest absolute Gasteiger partial charge is 0.493 e. The monoisotopic (exact) mass is 564 g/mol. The Balaban J connectivity index is 1.05. The lowest BCUT2D eigenvalue weighted by atomic mass is 10.0. The normalized spacial score (nSPS) is 19.3. The van der Waals surface area contributed by atoms with Gasteiger partial charge < -0.3 is 19.7 Å². The number of hydrogen-bond acceptors (Lipinski definition) is 8. The number of nitrogens with one attached hydrogen (secondary N) is 1. The third kappa shape index (κ3) is 5.47. The number of piperazine rings is 1. The van der Waals surface area contributed by atoms with Gasteiger partial charge in [-0.1, -0.05) is 0 Å². The van der Waals surface area contributed by atoms with Gasteiger partial charge in [0, 0.05) is 74.0 Å². The molecule has 2 aliphatic rings. The molecule has 0 amide bonds. The van der Waals surface area contributed by atoms with E-state index in [4.69, 9.17) is 9.84 Å². The Bertz CT molecular complexity index is 1620. The Morgan fingerprint density at radius 1 is 1.05 bits per heavy atom. The fourth-order valence-corrected chi connectivity index (χ4v) is 7.38. The predicted octanol–water partition coefficient (Wildman–Crippen LogP) is 3.01. The second-order valence-corrected chi connectivity index (χ2v) is 12.4. The summed E-state index contributed by atoms with van der Waals surface area (Å²) in [7, 11) is -3.45. The van der Waals surface area contributed by atoms with Crippen LogP contribution in [-0.2, 0) is 10.0 Å². The lowest BCUT2D eigenvalue weighted by Gasteiger charge is -2.38. The van der Waals surface area contributed by atoms with Crippen molar-refractivity contribution in [1.82, 2.24) is 24.2 Å². The molecule has 1 unspecified atom stereocenters. The zero-order valence-electron chi connectivity index (χ0n) is 22.1. The lowest BCUT2D eigenvalue weighted by Crippen LogP contribution is -2.51. The van der Waals surface area contributed by atoms with Crippen LogP contribution in [0.5, 0.6) is 5.75 Å². The van der Waals surface area contributed by atoms with Crippen molar-refractivity contribution in [2.24, 2.45) is 5.92 Å². The van der Waals surface area contributed by atoms with Crippen LogP contribution in [0.4, 0.5) is 5.69 Å². The number of benzene rings is 1. The molecule has 1 atom stereocenters. The van der Waals surface area contributed by atoms with Crippen molar-refractivity contribution in [3.8, 4) is 5.75 Å². The number of rotatable bonds is 8. The molecule has 6 rings (SSSR count). The van der Waals surface area contributed by atoms with Gasteiger partial charge in [0.05, 0.1) is 23.9 Å². The van der Waals surface area contributed by atoms with Crippen molar-refractivity contribution < 1.29 is 23.1 Å². The fraction of sp³-hybridized carbons (Fsp3) is 0.393. The molecule has 0 spiro atoms. The third-order valence-electron chi connectivity index (χ3n) is 7.79. The van der Waals surface area contributed by atoms with E-state index in [2.05, 4.69) is 19.9 Å². The summed E-state index contributed by atoms with van der Waals surface area (Å²) in [5.41, 5.74) is 2.96. The average molecular weight is 565 g/mol. The number of carboxylic acids is 1. The number of aromatic carboxylic acids is 1. The number of pyridine rings is 2. The molecule has 5 heterocycles. The zero-order chi connectivity index (χ0) is 27.7. The van der Waals surface area contributed by atoms with E-state index in [9.17, 15) is 13.2 Å². The van der Waals surface area contributed by atoms with Crippen LogP contribution in [0, 0.1) is 5.92 Å². The molecule has 2 saturated heterocycles. The fourth-order valence-electron chi connectivity index (χ4n) is 5.65. The van der Waals surface area contributed by atoms with Gasteiger partial charge in [-0.25, -0.2) is 22.5 Å². The molecule has 2 fully saturated rings. The first-order chi connectivity index (χ1) is 19.4. The molecule has 2 aliphatic heterocycles. The first kappa shape index (κ1) is 26.5. The van der Waals surface area contributed by atoms with E-state index in [1.807, 2.05) is 23.2 Å². The van der Waals surface area contributed by atoms with Crippen LogP contribution in [0.25, 0.3) is 21.9 Å². The summed E-state index contributed by atoms with van der Waals surface area (Å²) in [6.45, 7) is 4.09. The third-order valence-corrected chi connectivity index (χ3v) is 9.60. The van der Waals surface area contributed by atoms with E-state index in [1.54, 1.807) is 28.8 Å². The van der Waals surface area contributed by atoms with E-state index >= 15 is 0 Å². The number of H-pyrrole nitrogens is 1. The highest BCUT2D eigenvalue weighted by Gasteiger charge is 2.32. The van der Waals surface area contributed by atoms with Crippen molar-refractivity contribution in [1.29, 1.82) is 0 Å².